The Morgan fingerprint density at radius 3 is 1.95 bits per heavy atom. The molecule has 7 nitrogen and oxygen atoms in total. The van der Waals surface area contributed by atoms with E-state index in [9.17, 15) is 22.8 Å². The normalized spacial score (nSPS) is 21.6. The van der Waals surface area contributed by atoms with Crippen molar-refractivity contribution in [3.8, 4) is 0 Å². The lowest BCUT2D eigenvalue weighted by molar-refractivity contribution is -0.192. The number of amides is 2. The summed E-state index contributed by atoms with van der Waals surface area (Å²) < 4.78 is 31.7. The Morgan fingerprint density at radius 1 is 0.878 bits per heavy atom. The van der Waals surface area contributed by atoms with Crippen molar-refractivity contribution >= 4 is 17.8 Å². The number of carbonyl (C=O) groups excluding carboxylic acids is 2. The molecule has 0 spiro atoms. The molecule has 5 rings (SSSR count). The third-order valence-electron chi connectivity index (χ3n) is 8.33. The summed E-state index contributed by atoms with van der Waals surface area (Å²) >= 11 is 0. The second-order valence-corrected chi connectivity index (χ2v) is 11.3. The van der Waals surface area contributed by atoms with Gasteiger partial charge in [-0.15, -0.1) is 0 Å². The summed E-state index contributed by atoms with van der Waals surface area (Å²) in [5.74, 6) is -0.932. The Labute approximate surface area is 238 Å². The molecule has 3 atom stereocenters. The summed E-state index contributed by atoms with van der Waals surface area (Å²) in [6, 6.07) is 20.5. The maximum Gasteiger partial charge on any atom is 0.490 e. The van der Waals surface area contributed by atoms with Crippen LogP contribution in [-0.2, 0) is 20.8 Å². The van der Waals surface area contributed by atoms with Crippen molar-refractivity contribution in [3.05, 3.63) is 71.8 Å². The number of nitrogens with zero attached hydrogens (tertiary/aromatic N) is 2. The van der Waals surface area contributed by atoms with Crippen molar-refractivity contribution in [1.29, 1.82) is 0 Å². The molecule has 2 aromatic carbocycles. The highest BCUT2D eigenvalue weighted by Crippen LogP contribution is 2.32. The minimum atomic E-state index is -5.08. The van der Waals surface area contributed by atoms with Gasteiger partial charge in [0.2, 0.25) is 11.8 Å². The van der Waals surface area contributed by atoms with E-state index in [1.807, 2.05) is 36.4 Å². The van der Waals surface area contributed by atoms with Gasteiger partial charge in [0.25, 0.3) is 0 Å². The summed E-state index contributed by atoms with van der Waals surface area (Å²) in [5.41, 5.74) is 2.30. The van der Waals surface area contributed by atoms with Crippen molar-refractivity contribution in [2.45, 2.75) is 50.7 Å². The molecule has 2 aromatic rings. The lowest BCUT2D eigenvalue weighted by Crippen LogP contribution is -2.37. The van der Waals surface area contributed by atoms with Gasteiger partial charge in [-0.1, -0.05) is 73.5 Å². The van der Waals surface area contributed by atoms with Crippen LogP contribution in [-0.4, -0.2) is 71.6 Å². The van der Waals surface area contributed by atoms with E-state index in [4.69, 9.17) is 9.90 Å². The molecule has 1 saturated carbocycles. The molecule has 3 fully saturated rings. The topological polar surface area (TPSA) is 90.0 Å². The van der Waals surface area contributed by atoms with Crippen molar-refractivity contribution in [1.82, 2.24) is 15.1 Å². The first-order valence-corrected chi connectivity index (χ1v) is 14.3. The molecule has 2 saturated heterocycles. The first-order chi connectivity index (χ1) is 19.6. The zero-order valence-electron chi connectivity index (χ0n) is 23.1. The molecule has 2 N–H and O–H groups in total. The molecule has 222 valence electrons. The van der Waals surface area contributed by atoms with E-state index < -0.39 is 12.1 Å². The molecule has 2 heterocycles. The van der Waals surface area contributed by atoms with Gasteiger partial charge in [0.15, 0.2) is 0 Å². The Bertz CT molecular complexity index is 1140. The number of fused-ring (bicyclic) bond motifs is 1. The average Bonchev–Trinajstić information content (AvgIpc) is 3.69. The van der Waals surface area contributed by atoms with Crippen LogP contribution in [0.25, 0.3) is 0 Å². The van der Waals surface area contributed by atoms with Crippen molar-refractivity contribution in [3.63, 3.8) is 0 Å². The molecule has 41 heavy (non-hydrogen) atoms. The Hall–Kier alpha value is -3.40. The number of hydrogen-bond donors (Lipinski definition) is 2. The number of likely N-dealkylation sites (tertiary alicyclic amines) is 2. The smallest absolute Gasteiger partial charge is 0.475 e. The Balaban J connectivity index is 0.000000493. The fourth-order valence-electron chi connectivity index (χ4n) is 6.16. The van der Waals surface area contributed by atoms with Crippen LogP contribution in [0.2, 0.25) is 0 Å². The highest BCUT2D eigenvalue weighted by atomic mass is 19.4. The maximum absolute atomic E-state index is 12.9. The van der Waals surface area contributed by atoms with E-state index in [0.717, 1.165) is 57.5 Å². The van der Waals surface area contributed by atoms with Gasteiger partial charge in [-0.05, 0) is 42.2 Å². The number of alkyl halides is 3. The molecular weight excluding hydrogens is 535 g/mol. The number of halogens is 3. The second-order valence-electron chi connectivity index (χ2n) is 11.3. The fraction of sp³-hybridized carbons (Fsp3) is 0.516. The highest BCUT2D eigenvalue weighted by Gasteiger charge is 2.41. The number of benzene rings is 2. The summed E-state index contributed by atoms with van der Waals surface area (Å²) in [4.78, 5) is 39.2. The number of aliphatic carboxylic acids is 1. The number of carboxylic acid groups (broad SMARTS) is 1. The molecule has 2 unspecified atom stereocenters. The third-order valence-corrected chi connectivity index (χ3v) is 8.33. The Morgan fingerprint density at radius 2 is 1.41 bits per heavy atom. The van der Waals surface area contributed by atoms with E-state index in [2.05, 4.69) is 39.4 Å². The lowest BCUT2D eigenvalue weighted by Gasteiger charge is -2.25. The number of rotatable bonds is 8. The zero-order chi connectivity index (χ0) is 29.4. The van der Waals surface area contributed by atoms with E-state index in [-0.39, 0.29) is 23.8 Å². The van der Waals surface area contributed by atoms with Gasteiger partial charge < -0.3 is 20.2 Å². The predicted octanol–water partition coefficient (Wildman–Crippen LogP) is 4.69. The van der Waals surface area contributed by atoms with Gasteiger partial charge in [0.1, 0.15) is 0 Å². The first kappa shape index (κ1) is 30.6. The van der Waals surface area contributed by atoms with Crippen LogP contribution in [0.5, 0.6) is 0 Å². The van der Waals surface area contributed by atoms with E-state index in [1.165, 1.54) is 18.4 Å². The van der Waals surface area contributed by atoms with E-state index >= 15 is 0 Å². The summed E-state index contributed by atoms with van der Waals surface area (Å²) in [6.45, 7) is 4.85. The predicted molar refractivity (Wildman–Crippen MR) is 148 cm³/mol. The quantitative estimate of drug-likeness (QED) is 0.478. The van der Waals surface area contributed by atoms with Gasteiger partial charge in [0.05, 0.1) is 12.5 Å². The van der Waals surface area contributed by atoms with Crippen LogP contribution in [0.3, 0.4) is 0 Å². The summed E-state index contributed by atoms with van der Waals surface area (Å²) in [6.07, 6.45) is 0.762. The lowest BCUT2D eigenvalue weighted by atomic mass is 10.0. The van der Waals surface area contributed by atoms with Crippen LogP contribution in [0.1, 0.15) is 49.3 Å². The first-order valence-electron chi connectivity index (χ1n) is 14.3. The number of hydrogen-bond acceptors (Lipinski definition) is 4. The summed E-state index contributed by atoms with van der Waals surface area (Å²) in [5, 5.41) is 10.5. The van der Waals surface area contributed by atoms with Gasteiger partial charge in [-0.25, -0.2) is 4.79 Å². The minimum absolute atomic E-state index is 0.0682. The molecule has 0 bridgehead atoms. The van der Waals surface area contributed by atoms with Crippen LogP contribution in [0.15, 0.2) is 60.7 Å². The van der Waals surface area contributed by atoms with Crippen LogP contribution in [0.4, 0.5) is 13.2 Å². The van der Waals surface area contributed by atoms with Gasteiger partial charge >= 0.3 is 12.1 Å². The zero-order valence-corrected chi connectivity index (χ0v) is 23.1. The van der Waals surface area contributed by atoms with Crippen molar-refractivity contribution in [2.24, 2.45) is 17.8 Å². The Kier molecular flexibility index (Phi) is 10.4. The molecule has 0 radical (unpaired) electrons. The largest absolute Gasteiger partial charge is 0.490 e. The SMILES string of the molecule is O=C(NC(CCN1CC2CN(C(=O)Cc3ccccc3)C[C@@H]2C1)c1ccccc1)C1CCCC1.O=C(O)C(F)(F)F. The van der Waals surface area contributed by atoms with E-state index in [0.29, 0.717) is 18.3 Å². The summed E-state index contributed by atoms with van der Waals surface area (Å²) in [7, 11) is 0. The molecule has 10 heteroatoms. The number of carbonyl (C=O) groups is 3. The van der Waals surface area contributed by atoms with Gasteiger partial charge in [-0.3, -0.25) is 9.59 Å². The monoisotopic (exact) mass is 573 g/mol. The highest BCUT2D eigenvalue weighted by molar-refractivity contribution is 5.79. The second kappa shape index (κ2) is 14.0. The molecular formula is C31H38F3N3O4. The van der Waals surface area contributed by atoms with Crippen LogP contribution in [0, 0.1) is 17.8 Å². The molecule has 0 aromatic heterocycles. The van der Waals surface area contributed by atoms with Gasteiger partial charge in [-0.2, -0.15) is 13.2 Å². The van der Waals surface area contributed by atoms with Gasteiger partial charge in [0, 0.05) is 38.6 Å². The molecule has 1 aliphatic carbocycles. The molecule has 3 aliphatic rings. The maximum atomic E-state index is 12.9. The fourth-order valence-corrected chi connectivity index (χ4v) is 6.16. The standard InChI is InChI=1S/C29H37N3O2.C2HF3O2/c33-28(17-22-9-3-1-4-10-22)32-20-25-18-31(19-26(25)21-32)16-15-27(23-11-5-2-6-12-23)30-29(34)24-13-7-8-14-24;3-2(4,5)1(6)7/h1-6,9-12,24-27H,7-8,13-21H2,(H,30,34);(H,6,7)/t25-,26?,27?;/m0./s1. The molecule has 2 amide bonds. The van der Waals surface area contributed by atoms with Crippen molar-refractivity contribution < 1.29 is 32.7 Å². The van der Waals surface area contributed by atoms with E-state index in [1.54, 1.807) is 0 Å². The minimum Gasteiger partial charge on any atom is -0.475 e. The molecule has 2 aliphatic heterocycles. The van der Waals surface area contributed by atoms with Crippen molar-refractivity contribution in [2.75, 3.05) is 32.7 Å². The number of carboxylic acids is 1. The average molecular weight is 574 g/mol. The van der Waals surface area contributed by atoms with Crippen LogP contribution >= 0.6 is 0 Å². The van der Waals surface area contributed by atoms with Crippen LogP contribution < -0.4 is 5.32 Å². The number of nitrogens with one attached hydrogen (secondary N) is 1. The third kappa shape index (κ3) is 8.79.